The first-order chi connectivity index (χ1) is 35.7. The third kappa shape index (κ3) is 6.24. The molecular formula is C67H41N5. The van der Waals surface area contributed by atoms with Crippen LogP contribution >= 0.6 is 0 Å². The summed E-state index contributed by atoms with van der Waals surface area (Å²) in [4.78, 5) is 16.5. The smallest absolute Gasteiger partial charge is 0.238 e. The number of nitrogens with zero attached hydrogens (tertiary/aromatic N) is 5. The van der Waals surface area contributed by atoms with Crippen molar-refractivity contribution in [2.45, 2.75) is 0 Å². The van der Waals surface area contributed by atoms with Crippen LogP contribution in [0.2, 0.25) is 0 Å². The summed E-state index contributed by atoms with van der Waals surface area (Å²) in [7, 11) is 0. The largest absolute Gasteiger partial charge is 0.309 e. The number of hydrogen-bond acceptors (Lipinski definition) is 3. The van der Waals surface area contributed by atoms with Crippen LogP contribution in [0.15, 0.2) is 249 Å². The fourth-order valence-electron chi connectivity index (χ4n) is 11.4. The van der Waals surface area contributed by atoms with Crippen LogP contribution in [0.5, 0.6) is 0 Å². The van der Waals surface area contributed by atoms with Crippen LogP contribution in [0.1, 0.15) is 0 Å². The quantitative estimate of drug-likeness (QED) is 0.156. The minimum atomic E-state index is 0.564. The van der Waals surface area contributed by atoms with Crippen LogP contribution in [-0.2, 0) is 0 Å². The van der Waals surface area contributed by atoms with Gasteiger partial charge in [-0.25, -0.2) is 4.98 Å². The van der Waals surface area contributed by atoms with E-state index in [4.69, 9.17) is 15.0 Å². The number of rotatable bonds is 6. The van der Waals surface area contributed by atoms with E-state index in [0.717, 1.165) is 82.1 Å². The molecule has 334 valence electrons. The van der Waals surface area contributed by atoms with Crippen LogP contribution in [-0.4, -0.2) is 24.1 Å². The first kappa shape index (κ1) is 40.2. The van der Waals surface area contributed by atoms with E-state index in [2.05, 4.69) is 258 Å². The van der Waals surface area contributed by atoms with E-state index < -0.39 is 0 Å². The van der Waals surface area contributed by atoms with Gasteiger partial charge >= 0.3 is 0 Å². The first-order valence-electron chi connectivity index (χ1n) is 24.5. The van der Waals surface area contributed by atoms with E-state index in [-0.39, 0.29) is 0 Å². The van der Waals surface area contributed by atoms with Crippen LogP contribution in [0.4, 0.5) is 0 Å². The lowest BCUT2D eigenvalue weighted by Gasteiger charge is -2.15. The highest BCUT2D eigenvalue weighted by Crippen LogP contribution is 2.41. The number of aromatic nitrogens is 5. The summed E-state index contributed by atoms with van der Waals surface area (Å²) in [5.41, 5.74) is 12.1. The minimum Gasteiger partial charge on any atom is -0.309 e. The predicted octanol–water partition coefficient (Wildman–Crippen LogP) is 17.3. The Labute approximate surface area is 414 Å². The zero-order chi connectivity index (χ0) is 47.3. The molecule has 15 rings (SSSR count). The summed E-state index contributed by atoms with van der Waals surface area (Å²) in [5.74, 6) is 1.81. The highest BCUT2D eigenvalue weighted by atomic mass is 15.2. The van der Waals surface area contributed by atoms with E-state index in [1.807, 2.05) is 0 Å². The van der Waals surface area contributed by atoms with Crippen molar-refractivity contribution in [3.63, 3.8) is 0 Å². The highest BCUT2D eigenvalue weighted by Gasteiger charge is 2.22. The summed E-state index contributed by atoms with van der Waals surface area (Å²) in [5, 5.41) is 13.9. The monoisotopic (exact) mass is 915 g/mol. The van der Waals surface area contributed by atoms with Crippen LogP contribution < -0.4 is 0 Å². The van der Waals surface area contributed by atoms with Gasteiger partial charge in [0.25, 0.3) is 0 Å². The lowest BCUT2D eigenvalue weighted by atomic mass is 9.96. The second kappa shape index (κ2) is 15.9. The van der Waals surface area contributed by atoms with E-state index in [9.17, 15) is 0 Å². The van der Waals surface area contributed by atoms with Crippen molar-refractivity contribution < 1.29 is 0 Å². The van der Waals surface area contributed by atoms with Gasteiger partial charge in [0.2, 0.25) is 5.95 Å². The van der Waals surface area contributed by atoms with Crippen molar-refractivity contribution >= 4 is 86.7 Å². The minimum absolute atomic E-state index is 0.564. The molecule has 0 aliphatic carbocycles. The van der Waals surface area contributed by atoms with E-state index in [1.165, 1.54) is 43.7 Å². The maximum atomic E-state index is 5.50. The SMILES string of the molecule is c1ccc(-c2cccc(-n3c4ccccc4c4cc(-c5ccc6c(c5)c5ccccc5n6-c5nc(-c6cc7ccccc7c7ccccc67)nc(-c6cc7ccccc7c7ccccc67)n5)ccc43)c2)cc1. The molecule has 72 heavy (non-hydrogen) atoms. The molecule has 12 aromatic carbocycles. The first-order valence-corrected chi connectivity index (χ1v) is 24.5. The van der Waals surface area contributed by atoms with Crippen molar-refractivity contribution in [2.75, 3.05) is 0 Å². The van der Waals surface area contributed by atoms with Gasteiger partial charge in [-0.1, -0.05) is 188 Å². The van der Waals surface area contributed by atoms with Gasteiger partial charge in [-0.2, -0.15) is 9.97 Å². The number of fused-ring (bicyclic) bond motifs is 12. The number of para-hydroxylation sites is 2. The predicted molar refractivity (Wildman–Crippen MR) is 300 cm³/mol. The standard InChI is InChI=1S/C67H41N5/c1-2-17-42(18-3-1)43-21-16-22-48(37-43)71-61-31-14-12-29-55(61)57-38-44(33-35-63(57)71)45-34-36-64-58(39-45)56-30-13-15-32-62(56)72(64)67-69-65(59-40-46-19-4-6-23-49(46)51-25-8-10-27-53(51)59)68-66(70-67)60-41-47-20-5-7-24-50(47)52-26-9-11-28-54(52)60/h1-41H. The Balaban J connectivity index is 0.939. The normalized spacial score (nSPS) is 11.9. The van der Waals surface area contributed by atoms with Crippen molar-refractivity contribution in [1.29, 1.82) is 0 Å². The fraction of sp³-hybridized carbons (Fsp3) is 0. The third-order valence-electron chi connectivity index (χ3n) is 14.7. The molecule has 0 atom stereocenters. The molecule has 15 aromatic rings. The van der Waals surface area contributed by atoms with Crippen LogP contribution in [0.3, 0.4) is 0 Å². The molecule has 0 spiro atoms. The molecule has 0 N–H and O–H groups in total. The Morgan fingerprint density at radius 1 is 0.236 bits per heavy atom. The summed E-state index contributed by atoms with van der Waals surface area (Å²) in [6.07, 6.45) is 0. The molecule has 0 radical (unpaired) electrons. The molecule has 3 heterocycles. The summed E-state index contributed by atoms with van der Waals surface area (Å²) in [6.45, 7) is 0. The zero-order valence-electron chi connectivity index (χ0n) is 38.9. The number of hydrogen-bond donors (Lipinski definition) is 0. The maximum Gasteiger partial charge on any atom is 0.238 e. The van der Waals surface area contributed by atoms with Crippen LogP contribution in [0, 0.1) is 0 Å². The second-order valence-corrected chi connectivity index (χ2v) is 18.7. The molecular weight excluding hydrogens is 875 g/mol. The van der Waals surface area contributed by atoms with Gasteiger partial charge < -0.3 is 4.57 Å². The van der Waals surface area contributed by atoms with Crippen molar-refractivity contribution in [3.05, 3.63) is 249 Å². The van der Waals surface area contributed by atoms with Gasteiger partial charge in [-0.3, -0.25) is 4.57 Å². The molecule has 0 aliphatic rings. The summed E-state index contributed by atoms with van der Waals surface area (Å²) < 4.78 is 4.63. The van der Waals surface area contributed by atoms with Crippen molar-refractivity contribution in [3.8, 4) is 56.7 Å². The van der Waals surface area contributed by atoms with Gasteiger partial charge in [0.05, 0.1) is 22.1 Å². The van der Waals surface area contributed by atoms with Crippen molar-refractivity contribution in [2.24, 2.45) is 0 Å². The molecule has 0 saturated heterocycles. The lowest BCUT2D eigenvalue weighted by molar-refractivity contribution is 0.955. The van der Waals surface area contributed by atoms with E-state index in [1.54, 1.807) is 0 Å². The Kier molecular flexibility index (Phi) is 8.89. The Hall–Kier alpha value is -9.71. The maximum absolute atomic E-state index is 5.50. The van der Waals surface area contributed by atoms with Gasteiger partial charge in [0, 0.05) is 38.4 Å². The molecule has 3 aromatic heterocycles. The molecule has 0 saturated carbocycles. The molecule has 0 aliphatic heterocycles. The molecule has 0 fully saturated rings. The average Bonchev–Trinajstić information content (AvgIpc) is 3.97. The molecule has 0 amide bonds. The average molecular weight is 916 g/mol. The fourth-order valence-corrected chi connectivity index (χ4v) is 11.4. The second-order valence-electron chi connectivity index (χ2n) is 18.7. The molecule has 0 unspecified atom stereocenters. The zero-order valence-corrected chi connectivity index (χ0v) is 38.9. The van der Waals surface area contributed by atoms with Gasteiger partial charge in [-0.15, -0.1) is 0 Å². The van der Waals surface area contributed by atoms with Crippen LogP contribution in [0.25, 0.3) is 143 Å². The Bertz CT molecular complexity index is 4560. The Morgan fingerprint density at radius 3 is 1.22 bits per heavy atom. The summed E-state index contributed by atoms with van der Waals surface area (Å²) >= 11 is 0. The van der Waals surface area contributed by atoms with Gasteiger partial charge in [-0.05, 0) is 126 Å². The van der Waals surface area contributed by atoms with Crippen molar-refractivity contribution in [1.82, 2.24) is 24.1 Å². The molecule has 5 nitrogen and oxygen atoms in total. The molecule has 0 bridgehead atoms. The third-order valence-corrected chi connectivity index (χ3v) is 14.7. The lowest BCUT2D eigenvalue weighted by Crippen LogP contribution is -2.07. The summed E-state index contributed by atoms with van der Waals surface area (Å²) in [6, 6.07) is 89.4. The van der Waals surface area contributed by atoms with E-state index in [0.29, 0.717) is 17.6 Å². The molecule has 5 heteroatoms. The van der Waals surface area contributed by atoms with Gasteiger partial charge in [0.1, 0.15) is 0 Å². The number of benzene rings is 12. The van der Waals surface area contributed by atoms with Gasteiger partial charge in [0.15, 0.2) is 11.6 Å². The Morgan fingerprint density at radius 2 is 0.653 bits per heavy atom. The topological polar surface area (TPSA) is 48.5 Å². The van der Waals surface area contributed by atoms with E-state index >= 15 is 0 Å². The highest BCUT2D eigenvalue weighted by molar-refractivity contribution is 6.16.